The lowest BCUT2D eigenvalue weighted by Gasteiger charge is -2.13. The van der Waals surface area contributed by atoms with Crippen LogP contribution in [0.5, 0.6) is 5.75 Å². The molecule has 0 aliphatic carbocycles. The zero-order valence-corrected chi connectivity index (χ0v) is 11.8. The summed E-state index contributed by atoms with van der Waals surface area (Å²) >= 11 is 0. The zero-order valence-electron chi connectivity index (χ0n) is 11.8. The maximum atomic E-state index is 13.2. The molecule has 0 spiro atoms. The Labute approximate surface area is 118 Å². The first-order chi connectivity index (χ1) is 9.52. The number of nitrogens with one attached hydrogen (secondary N) is 1. The van der Waals surface area contributed by atoms with E-state index in [4.69, 9.17) is 15.2 Å². The second-order valence-electron chi connectivity index (χ2n) is 4.55. The van der Waals surface area contributed by atoms with Gasteiger partial charge in [-0.25, -0.2) is 4.39 Å². The van der Waals surface area contributed by atoms with E-state index in [0.717, 1.165) is 0 Å². The van der Waals surface area contributed by atoms with E-state index >= 15 is 0 Å². The number of carbonyl (C=O) groups excluding carboxylic acids is 1. The monoisotopic (exact) mass is 284 g/mol. The quantitative estimate of drug-likeness (QED) is 0.715. The number of rotatable bonds is 8. The number of hydrogen-bond donors (Lipinski definition) is 2. The third kappa shape index (κ3) is 5.99. The third-order valence-corrected chi connectivity index (χ3v) is 2.59. The lowest BCUT2D eigenvalue weighted by Crippen LogP contribution is -2.20. The lowest BCUT2D eigenvalue weighted by molar-refractivity contribution is -0.116. The molecule has 0 bridgehead atoms. The van der Waals surface area contributed by atoms with Crippen molar-refractivity contribution in [1.29, 1.82) is 0 Å². The van der Waals surface area contributed by atoms with Gasteiger partial charge in [0, 0.05) is 25.6 Å². The topological polar surface area (TPSA) is 73.6 Å². The summed E-state index contributed by atoms with van der Waals surface area (Å²) in [7, 11) is 1.56. The van der Waals surface area contributed by atoms with Gasteiger partial charge in [0.1, 0.15) is 18.2 Å². The van der Waals surface area contributed by atoms with E-state index in [1.165, 1.54) is 18.2 Å². The number of ether oxygens (including phenoxy) is 2. The summed E-state index contributed by atoms with van der Waals surface area (Å²) in [5, 5.41) is 2.63. The molecule has 0 aliphatic rings. The maximum Gasteiger partial charge on any atom is 0.224 e. The van der Waals surface area contributed by atoms with E-state index in [0.29, 0.717) is 31.1 Å². The smallest absolute Gasteiger partial charge is 0.224 e. The van der Waals surface area contributed by atoms with Crippen LogP contribution in [0.25, 0.3) is 0 Å². The molecular formula is C14H21FN2O3. The van der Waals surface area contributed by atoms with Gasteiger partial charge in [-0.05, 0) is 25.5 Å². The molecule has 112 valence electrons. The standard InChI is InChI=1S/C14H21FN2O3/c1-10(16)3-6-14(18)17-12-9-11(15)4-5-13(12)20-8-7-19-2/h4-5,9-10H,3,6-8,16H2,1-2H3,(H,17,18). The van der Waals surface area contributed by atoms with Gasteiger partial charge in [-0.2, -0.15) is 0 Å². The predicted octanol–water partition coefficient (Wildman–Crippen LogP) is 1.92. The number of amides is 1. The van der Waals surface area contributed by atoms with Crippen molar-refractivity contribution in [2.75, 3.05) is 25.6 Å². The van der Waals surface area contributed by atoms with E-state index in [9.17, 15) is 9.18 Å². The molecule has 0 saturated carbocycles. The molecule has 0 aliphatic heterocycles. The van der Waals surface area contributed by atoms with Crippen LogP contribution in [0.3, 0.4) is 0 Å². The molecule has 20 heavy (non-hydrogen) atoms. The predicted molar refractivity (Wildman–Crippen MR) is 75.3 cm³/mol. The van der Waals surface area contributed by atoms with Gasteiger partial charge in [-0.15, -0.1) is 0 Å². The number of hydrogen-bond acceptors (Lipinski definition) is 4. The van der Waals surface area contributed by atoms with Crippen LogP contribution in [0.2, 0.25) is 0 Å². The summed E-state index contributed by atoms with van der Waals surface area (Å²) in [6.07, 6.45) is 0.854. The lowest BCUT2D eigenvalue weighted by atomic mass is 10.2. The second kappa shape index (κ2) is 8.50. The number of nitrogens with two attached hydrogens (primary N) is 1. The van der Waals surface area contributed by atoms with Crippen LogP contribution in [-0.2, 0) is 9.53 Å². The van der Waals surface area contributed by atoms with Crippen molar-refractivity contribution >= 4 is 11.6 Å². The highest BCUT2D eigenvalue weighted by atomic mass is 19.1. The van der Waals surface area contributed by atoms with Gasteiger partial charge in [0.05, 0.1) is 12.3 Å². The van der Waals surface area contributed by atoms with Crippen molar-refractivity contribution in [2.24, 2.45) is 5.73 Å². The third-order valence-electron chi connectivity index (χ3n) is 2.59. The van der Waals surface area contributed by atoms with Crippen molar-refractivity contribution < 1.29 is 18.7 Å². The molecule has 1 aromatic carbocycles. The van der Waals surface area contributed by atoms with Crippen molar-refractivity contribution in [2.45, 2.75) is 25.8 Å². The van der Waals surface area contributed by atoms with Gasteiger partial charge >= 0.3 is 0 Å². The molecule has 3 N–H and O–H groups in total. The van der Waals surface area contributed by atoms with Gasteiger partial charge in [-0.3, -0.25) is 4.79 Å². The minimum Gasteiger partial charge on any atom is -0.489 e. The van der Waals surface area contributed by atoms with Crippen LogP contribution in [0.1, 0.15) is 19.8 Å². The van der Waals surface area contributed by atoms with Crippen LogP contribution in [0.4, 0.5) is 10.1 Å². The molecule has 0 heterocycles. The van der Waals surface area contributed by atoms with Crippen LogP contribution in [0.15, 0.2) is 18.2 Å². The van der Waals surface area contributed by atoms with Gasteiger partial charge in [0.25, 0.3) is 0 Å². The maximum absolute atomic E-state index is 13.2. The molecule has 5 nitrogen and oxygen atoms in total. The largest absolute Gasteiger partial charge is 0.489 e. The highest BCUT2D eigenvalue weighted by Gasteiger charge is 2.10. The molecule has 1 atom stereocenters. The number of anilines is 1. The van der Waals surface area contributed by atoms with Gasteiger partial charge in [0.15, 0.2) is 0 Å². The molecule has 1 unspecified atom stereocenters. The van der Waals surface area contributed by atoms with E-state index in [1.54, 1.807) is 7.11 Å². The van der Waals surface area contributed by atoms with Crippen molar-refractivity contribution in [3.8, 4) is 5.75 Å². The first-order valence-electron chi connectivity index (χ1n) is 6.49. The molecule has 0 fully saturated rings. The Kier molecular flexibility index (Phi) is 6.97. The van der Waals surface area contributed by atoms with E-state index in [1.807, 2.05) is 6.92 Å². The highest BCUT2D eigenvalue weighted by molar-refractivity contribution is 5.92. The Bertz CT molecular complexity index is 438. The Hall–Kier alpha value is -1.66. The number of halogens is 1. The van der Waals surface area contributed by atoms with E-state index in [-0.39, 0.29) is 18.4 Å². The molecule has 6 heteroatoms. The Morgan fingerprint density at radius 1 is 1.45 bits per heavy atom. The summed E-state index contributed by atoms with van der Waals surface area (Å²) in [6.45, 7) is 2.56. The van der Waals surface area contributed by atoms with E-state index < -0.39 is 5.82 Å². The van der Waals surface area contributed by atoms with Crippen molar-refractivity contribution in [1.82, 2.24) is 0 Å². The zero-order chi connectivity index (χ0) is 15.0. The first kappa shape index (κ1) is 16.4. The van der Waals surface area contributed by atoms with Crippen LogP contribution < -0.4 is 15.8 Å². The minimum absolute atomic E-state index is 0.0503. The van der Waals surface area contributed by atoms with Gasteiger partial charge in [0.2, 0.25) is 5.91 Å². The molecule has 1 amide bonds. The van der Waals surface area contributed by atoms with Crippen molar-refractivity contribution in [3.05, 3.63) is 24.0 Å². The summed E-state index contributed by atoms with van der Waals surface area (Å²) in [5.41, 5.74) is 5.91. The average Bonchev–Trinajstić information content (AvgIpc) is 2.39. The summed E-state index contributed by atoms with van der Waals surface area (Å²) in [5.74, 6) is -0.242. The van der Waals surface area contributed by atoms with Gasteiger partial charge in [-0.1, -0.05) is 0 Å². The van der Waals surface area contributed by atoms with Crippen LogP contribution in [0, 0.1) is 5.82 Å². The number of methoxy groups -OCH3 is 1. The Morgan fingerprint density at radius 2 is 2.20 bits per heavy atom. The molecule has 0 saturated heterocycles. The molecule has 1 aromatic rings. The van der Waals surface area contributed by atoms with Crippen molar-refractivity contribution in [3.63, 3.8) is 0 Å². The first-order valence-corrected chi connectivity index (χ1v) is 6.49. The fraction of sp³-hybridized carbons (Fsp3) is 0.500. The summed E-state index contributed by atoms with van der Waals surface area (Å²) in [4.78, 5) is 11.7. The summed E-state index contributed by atoms with van der Waals surface area (Å²) in [6, 6.07) is 3.93. The number of benzene rings is 1. The Balaban J connectivity index is 2.66. The van der Waals surface area contributed by atoms with E-state index in [2.05, 4.69) is 5.32 Å². The SMILES string of the molecule is COCCOc1ccc(F)cc1NC(=O)CCC(C)N. The molecule has 0 aromatic heterocycles. The Morgan fingerprint density at radius 3 is 2.85 bits per heavy atom. The van der Waals surface area contributed by atoms with Crippen LogP contribution in [-0.4, -0.2) is 32.3 Å². The molecule has 0 radical (unpaired) electrons. The summed E-state index contributed by atoms with van der Waals surface area (Å²) < 4.78 is 23.5. The average molecular weight is 284 g/mol. The highest BCUT2D eigenvalue weighted by Crippen LogP contribution is 2.25. The van der Waals surface area contributed by atoms with Gasteiger partial charge < -0.3 is 20.5 Å². The fourth-order valence-electron chi connectivity index (χ4n) is 1.53. The normalized spacial score (nSPS) is 12.0. The fourth-order valence-corrected chi connectivity index (χ4v) is 1.53. The minimum atomic E-state index is -0.438. The number of carbonyl (C=O) groups is 1. The molecular weight excluding hydrogens is 263 g/mol. The molecule has 1 rings (SSSR count). The second-order valence-corrected chi connectivity index (χ2v) is 4.55. The van der Waals surface area contributed by atoms with Crippen LogP contribution >= 0.6 is 0 Å².